The predicted molar refractivity (Wildman–Crippen MR) is 75.8 cm³/mol. The van der Waals surface area contributed by atoms with Gasteiger partial charge in [-0.25, -0.2) is 4.98 Å². The quantitative estimate of drug-likeness (QED) is 0.683. The summed E-state index contributed by atoms with van der Waals surface area (Å²) in [5.74, 6) is 0.275. The summed E-state index contributed by atoms with van der Waals surface area (Å²) in [4.78, 5) is 17.0. The molecule has 0 radical (unpaired) electrons. The SMILES string of the molecule is O=[N+]([O-])c1ccc(N2CCC(CO)C2)c2cccnc12. The highest BCUT2D eigenvalue weighted by Crippen LogP contribution is 2.34. The van der Waals surface area contributed by atoms with Crippen molar-refractivity contribution in [2.45, 2.75) is 6.42 Å². The van der Waals surface area contributed by atoms with Crippen LogP contribution < -0.4 is 4.90 Å². The molecule has 1 atom stereocenters. The molecule has 6 nitrogen and oxygen atoms in total. The van der Waals surface area contributed by atoms with E-state index in [1.165, 1.54) is 6.07 Å². The zero-order valence-electron chi connectivity index (χ0n) is 10.9. The minimum atomic E-state index is -0.403. The first-order valence-electron chi connectivity index (χ1n) is 6.58. The zero-order valence-corrected chi connectivity index (χ0v) is 10.9. The molecule has 1 aliphatic rings. The Bertz CT molecular complexity index is 659. The molecule has 104 valence electrons. The molecule has 0 aliphatic carbocycles. The van der Waals surface area contributed by atoms with Crippen molar-refractivity contribution < 1.29 is 10.0 Å². The summed E-state index contributed by atoms with van der Waals surface area (Å²) in [5.41, 5.74) is 1.40. The van der Waals surface area contributed by atoms with Crippen LogP contribution in [0.1, 0.15) is 6.42 Å². The van der Waals surface area contributed by atoms with E-state index < -0.39 is 4.92 Å². The maximum atomic E-state index is 11.1. The van der Waals surface area contributed by atoms with Gasteiger partial charge >= 0.3 is 0 Å². The summed E-state index contributed by atoms with van der Waals surface area (Å²) in [7, 11) is 0. The number of rotatable bonds is 3. The van der Waals surface area contributed by atoms with Crippen molar-refractivity contribution in [1.82, 2.24) is 4.98 Å². The highest BCUT2D eigenvalue weighted by atomic mass is 16.6. The molecule has 2 aromatic rings. The molecule has 1 fully saturated rings. The number of pyridine rings is 1. The lowest BCUT2D eigenvalue weighted by atomic mass is 10.1. The second kappa shape index (κ2) is 5.05. The third-order valence-corrected chi connectivity index (χ3v) is 3.81. The van der Waals surface area contributed by atoms with Gasteiger partial charge in [-0.2, -0.15) is 0 Å². The Morgan fingerprint density at radius 1 is 1.45 bits per heavy atom. The Labute approximate surface area is 115 Å². The number of aliphatic hydroxyl groups excluding tert-OH is 1. The van der Waals surface area contributed by atoms with Gasteiger partial charge in [0, 0.05) is 49.0 Å². The van der Waals surface area contributed by atoms with E-state index in [4.69, 9.17) is 0 Å². The zero-order chi connectivity index (χ0) is 14.1. The summed E-state index contributed by atoms with van der Waals surface area (Å²) < 4.78 is 0. The van der Waals surface area contributed by atoms with Crippen LogP contribution in [0.2, 0.25) is 0 Å². The fourth-order valence-electron chi connectivity index (χ4n) is 2.77. The van der Waals surface area contributed by atoms with E-state index in [0.29, 0.717) is 5.52 Å². The van der Waals surface area contributed by atoms with Crippen LogP contribution in [-0.4, -0.2) is 34.7 Å². The van der Waals surface area contributed by atoms with Crippen LogP contribution in [0.15, 0.2) is 30.5 Å². The van der Waals surface area contributed by atoms with Gasteiger partial charge < -0.3 is 10.0 Å². The molecule has 1 N–H and O–H groups in total. The highest BCUT2D eigenvalue weighted by Gasteiger charge is 2.25. The smallest absolute Gasteiger partial charge is 0.295 e. The lowest BCUT2D eigenvalue weighted by Crippen LogP contribution is -2.20. The summed E-state index contributed by atoms with van der Waals surface area (Å²) in [6.45, 7) is 1.81. The number of aliphatic hydroxyl groups is 1. The Kier molecular flexibility index (Phi) is 3.23. The average Bonchev–Trinajstić information content (AvgIpc) is 2.94. The van der Waals surface area contributed by atoms with Crippen LogP contribution in [-0.2, 0) is 0 Å². The van der Waals surface area contributed by atoms with E-state index in [1.807, 2.05) is 6.07 Å². The number of anilines is 1. The number of fused-ring (bicyclic) bond motifs is 1. The van der Waals surface area contributed by atoms with E-state index in [0.717, 1.165) is 30.6 Å². The molecule has 6 heteroatoms. The van der Waals surface area contributed by atoms with Crippen LogP contribution in [0.25, 0.3) is 10.9 Å². The van der Waals surface area contributed by atoms with Gasteiger partial charge in [0.2, 0.25) is 0 Å². The molecular formula is C14H15N3O3. The number of non-ortho nitro benzene ring substituents is 1. The van der Waals surface area contributed by atoms with E-state index >= 15 is 0 Å². The average molecular weight is 273 g/mol. The minimum Gasteiger partial charge on any atom is -0.396 e. The van der Waals surface area contributed by atoms with Crippen LogP contribution in [0, 0.1) is 16.0 Å². The normalized spacial score (nSPS) is 18.6. The van der Waals surface area contributed by atoms with E-state index in [-0.39, 0.29) is 18.2 Å². The molecule has 0 spiro atoms. The molecule has 1 unspecified atom stereocenters. The maximum absolute atomic E-state index is 11.1. The van der Waals surface area contributed by atoms with Crippen molar-refractivity contribution >= 4 is 22.3 Å². The van der Waals surface area contributed by atoms with E-state index in [1.54, 1.807) is 18.3 Å². The first-order valence-corrected chi connectivity index (χ1v) is 6.58. The van der Waals surface area contributed by atoms with Crippen molar-refractivity contribution in [1.29, 1.82) is 0 Å². The Hall–Kier alpha value is -2.21. The molecule has 0 bridgehead atoms. The summed E-state index contributed by atoms with van der Waals surface area (Å²) in [6.07, 6.45) is 2.51. The number of nitrogens with zero attached hydrogens (tertiary/aromatic N) is 3. The minimum absolute atomic E-state index is 0.0299. The fourth-order valence-corrected chi connectivity index (χ4v) is 2.77. The third kappa shape index (κ3) is 2.08. The van der Waals surface area contributed by atoms with E-state index in [2.05, 4.69) is 9.88 Å². The highest BCUT2D eigenvalue weighted by molar-refractivity contribution is 5.97. The topological polar surface area (TPSA) is 79.5 Å². The Morgan fingerprint density at radius 2 is 2.30 bits per heavy atom. The molecular weight excluding hydrogens is 258 g/mol. The van der Waals surface area contributed by atoms with Gasteiger partial charge in [-0.05, 0) is 24.6 Å². The molecule has 0 amide bonds. The maximum Gasteiger partial charge on any atom is 0.295 e. The second-order valence-corrected chi connectivity index (χ2v) is 5.04. The monoisotopic (exact) mass is 273 g/mol. The Morgan fingerprint density at radius 3 is 3.00 bits per heavy atom. The Balaban J connectivity index is 2.09. The number of hydrogen-bond donors (Lipinski definition) is 1. The summed E-state index contributed by atoms with van der Waals surface area (Å²) >= 11 is 0. The predicted octanol–water partition coefficient (Wildman–Crippen LogP) is 1.96. The number of nitro benzene ring substituents is 1. The van der Waals surface area contributed by atoms with Crippen LogP contribution in [0.3, 0.4) is 0 Å². The molecule has 3 rings (SSSR count). The van der Waals surface area contributed by atoms with Crippen molar-refractivity contribution in [3.8, 4) is 0 Å². The molecule has 1 saturated heterocycles. The molecule has 1 aliphatic heterocycles. The number of benzene rings is 1. The lowest BCUT2D eigenvalue weighted by Gasteiger charge is -2.20. The van der Waals surface area contributed by atoms with Gasteiger partial charge in [0.25, 0.3) is 5.69 Å². The van der Waals surface area contributed by atoms with Gasteiger partial charge in [0.1, 0.15) is 5.52 Å². The molecule has 2 heterocycles. The first kappa shape index (κ1) is 12.8. The van der Waals surface area contributed by atoms with Crippen LogP contribution >= 0.6 is 0 Å². The van der Waals surface area contributed by atoms with Crippen molar-refractivity contribution in [2.24, 2.45) is 5.92 Å². The van der Waals surface area contributed by atoms with Gasteiger partial charge in [-0.1, -0.05) is 0 Å². The van der Waals surface area contributed by atoms with Gasteiger partial charge in [-0.3, -0.25) is 10.1 Å². The third-order valence-electron chi connectivity index (χ3n) is 3.81. The summed E-state index contributed by atoms with van der Waals surface area (Å²) in [6, 6.07) is 6.94. The van der Waals surface area contributed by atoms with Gasteiger partial charge in [-0.15, -0.1) is 0 Å². The first-order chi connectivity index (χ1) is 9.70. The fraction of sp³-hybridized carbons (Fsp3) is 0.357. The summed E-state index contributed by atoms with van der Waals surface area (Å²) in [5, 5.41) is 21.1. The lowest BCUT2D eigenvalue weighted by molar-refractivity contribution is -0.383. The van der Waals surface area contributed by atoms with E-state index in [9.17, 15) is 15.2 Å². The molecule has 0 saturated carbocycles. The number of hydrogen-bond acceptors (Lipinski definition) is 5. The molecule has 20 heavy (non-hydrogen) atoms. The molecule has 1 aromatic heterocycles. The van der Waals surface area contributed by atoms with Crippen molar-refractivity contribution in [2.75, 3.05) is 24.6 Å². The number of nitro groups is 1. The van der Waals surface area contributed by atoms with Crippen LogP contribution in [0.5, 0.6) is 0 Å². The molecule has 1 aromatic carbocycles. The van der Waals surface area contributed by atoms with Crippen LogP contribution in [0.4, 0.5) is 11.4 Å². The second-order valence-electron chi connectivity index (χ2n) is 5.04. The standard InChI is InChI=1S/C14H15N3O3/c18-9-10-5-7-16(8-10)12-3-4-13(17(19)20)14-11(12)2-1-6-15-14/h1-4,6,10,18H,5,7-9H2. The van der Waals surface area contributed by atoms with Gasteiger partial charge in [0.05, 0.1) is 4.92 Å². The largest absolute Gasteiger partial charge is 0.396 e. The number of aromatic nitrogens is 1. The van der Waals surface area contributed by atoms with Crippen molar-refractivity contribution in [3.63, 3.8) is 0 Å². The van der Waals surface area contributed by atoms with Crippen molar-refractivity contribution in [3.05, 3.63) is 40.6 Å². The van der Waals surface area contributed by atoms with Gasteiger partial charge in [0.15, 0.2) is 0 Å².